The molecular weight excluding hydrogens is 331 g/mol. The highest BCUT2D eigenvalue weighted by Crippen LogP contribution is 2.33. The van der Waals surface area contributed by atoms with Crippen molar-refractivity contribution in [3.63, 3.8) is 0 Å². The van der Waals surface area contributed by atoms with Gasteiger partial charge in [0, 0.05) is 21.0 Å². The number of hydrogen-bond acceptors (Lipinski definition) is 1. The van der Waals surface area contributed by atoms with Gasteiger partial charge in [-0.15, -0.1) is 0 Å². The van der Waals surface area contributed by atoms with Crippen LogP contribution in [0.1, 0.15) is 18.4 Å². The predicted molar refractivity (Wildman–Crippen MR) is 79.0 cm³/mol. The van der Waals surface area contributed by atoms with Gasteiger partial charge in [0.05, 0.1) is 0 Å². The molecule has 2 aromatic carbocycles. The molecule has 1 nitrogen and oxygen atoms in total. The quantitative estimate of drug-likeness (QED) is 0.700. The fourth-order valence-electron chi connectivity index (χ4n) is 1.82. The lowest BCUT2D eigenvalue weighted by Gasteiger charge is -2.10. The zero-order valence-corrected chi connectivity index (χ0v) is 12.5. The van der Waals surface area contributed by atoms with Crippen molar-refractivity contribution in [3.8, 4) is 11.1 Å². The third kappa shape index (κ3) is 3.04. The summed E-state index contributed by atoms with van der Waals surface area (Å²) in [6.45, 7) is 1.82. The summed E-state index contributed by atoms with van der Waals surface area (Å²) in [5.74, 6) is -0.551. The Labute approximate surface area is 124 Å². The number of aldehydes is 1. The molecule has 19 heavy (non-hydrogen) atoms. The molecule has 2 rings (SSSR count). The fourth-order valence-corrected chi connectivity index (χ4v) is 2.59. The van der Waals surface area contributed by atoms with E-state index in [0.29, 0.717) is 10.6 Å². The highest BCUT2D eigenvalue weighted by molar-refractivity contribution is 9.10. The van der Waals surface area contributed by atoms with E-state index in [1.807, 2.05) is 19.1 Å². The van der Waals surface area contributed by atoms with Gasteiger partial charge in [-0.25, -0.2) is 4.39 Å². The zero-order chi connectivity index (χ0) is 14.0. The van der Waals surface area contributed by atoms with Gasteiger partial charge >= 0.3 is 0 Å². The van der Waals surface area contributed by atoms with Crippen molar-refractivity contribution in [2.75, 3.05) is 0 Å². The molecule has 0 amide bonds. The van der Waals surface area contributed by atoms with Gasteiger partial charge in [0.25, 0.3) is 0 Å². The summed E-state index contributed by atoms with van der Waals surface area (Å²) in [5.41, 5.74) is 2.09. The van der Waals surface area contributed by atoms with E-state index in [0.717, 1.165) is 21.9 Å². The Balaban J connectivity index is 2.49. The minimum absolute atomic E-state index is 0.180. The Morgan fingerprint density at radius 1 is 1.21 bits per heavy atom. The maximum atomic E-state index is 13.9. The smallest absolute Gasteiger partial charge is 0.132 e. The molecule has 0 fully saturated rings. The molecule has 2 aromatic rings. The molecule has 4 heteroatoms. The summed E-state index contributed by atoms with van der Waals surface area (Å²) in [6, 6.07) is 10.0. The first-order valence-electron chi connectivity index (χ1n) is 5.73. The lowest BCUT2D eigenvalue weighted by molar-refractivity contribution is -0.108. The van der Waals surface area contributed by atoms with Crippen LogP contribution in [-0.4, -0.2) is 6.29 Å². The van der Waals surface area contributed by atoms with Crippen LogP contribution in [0.15, 0.2) is 40.9 Å². The number of rotatable bonds is 3. The third-order valence-corrected chi connectivity index (χ3v) is 3.84. The van der Waals surface area contributed by atoms with E-state index in [1.54, 1.807) is 18.2 Å². The predicted octanol–water partition coefficient (Wildman–Crippen LogP) is 5.21. The van der Waals surface area contributed by atoms with Gasteiger partial charge in [-0.05, 0) is 35.4 Å². The van der Waals surface area contributed by atoms with E-state index in [9.17, 15) is 9.18 Å². The van der Waals surface area contributed by atoms with Crippen LogP contribution in [0, 0.1) is 5.82 Å². The van der Waals surface area contributed by atoms with Gasteiger partial charge in [-0.1, -0.05) is 46.6 Å². The fraction of sp³-hybridized carbons (Fsp3) is 0.133. The van der Waals surface area contributed by atoms with E-state index in [2.05, 4.69) is 15.9 Å². The third-order valence-electron chi connectivity index (χ3n) is 2.94. The number of hydrogen-bond donors (Lipinski definition) is 0. The molecule has 0 N–H and O–H groups in total. The topological polar surface area (TPSA) is 17.1 Å². The second-order valence-electron chi connectivity index (χ2n) is 4.29. The van der Waals surface area contributed by atoms with Crippen LogP contribution < -0.4 is 0 Å². The maximum absolute atomic E-state index is 13.9. The monoisotopic (exact) mass is 340 g/mol. The average molecular weight is 342 g/mol. The van der Waals surface area contributed by atoms with Gasteiger partial charge in [0.15, 0.2) is 0 Å². The number of benzene rings is 2. The van der Waals surface area contributed by atoms with Crippen molar-refractivity contribution in [1.29, 1.82) is 0 Å². The van der Waals surface area contributed by atoms with Crippen molar-refractivity contribution in [1.82, 2.24) is 0 Å². The highest BCUT2D eigenvalue weighted by Gasteiger charge is 2.11. The number of carbonyl (C=O) groups is 1. The minimum atomic E-state index is -0.371. The van der Waals surface area contributed by atoms with Crippen LogP contribution in [0.3, 0.4) is 0 Å². The van der Waals surface area contributed by atoms with Gasteiger partial charge in [-0.2, -0.15) is 0 Å². The van der Waals surface area contributed by atoms with Gasteiger partial charge in [-0.3, -0.25) is 0 Å². The molecule has 0 bridgehead atoms. The Bertz CT molecular complexity index is 628. The Morgan fingerprint density at radius 3 is 2.47 bits per heavy atom. The van der Waals surface area contributed by atoms with Gasteiger partial charge in [0.2, 0.25) is 0 Å². The summed E-state index contributed by atoms with van der Waals surface area (Å²) in [7, 11) is 0. The first-order chi connectivity index (χ1) is 9.02. The van der Waals surface area contributed by atoms with Crippen molar-refractivity contribution in [2.24, 2.45) is 0 Å². The Morgan fingerprint density at radius 2 is 1.89 bits per heavy atom. The maximum Gasteiger partial charge on any atom is 0.132 e. The van der Waals surface area contributed by atoms with E-state index < -0.39 is 0 Å². The normalized spacial score (nSPS) is 12.2. The molecule has 98 valence electrons. The Kier molecular flexibility index (Phi) is 4.38. The van der Waals surface area contributed by atoms with Crippen LogP contribution >= 0.6 is 27.5 Å². The van der Waals surface area contributed by atoms with Crippen molar-refractivity contribution < 1.29 is 9.18 Å². The largest absolute Gasteiger partial charge is 0.303 e. The molecular formula is C15H11BrClFO. The molecule has 0 saturated carbocycles. The lowest BCUT2D eigenvalue weighted by atomic mass is 9.98. The van der Waals surface area contributed by atoms with E-state index >= 15 is 0 Å². The number of halogens is 3. The molecule has 0 spiro atoms. The van der Waals surface area contributed by atoms with E-state index in [1.165, 1.54) is 6.07 Å². The minimum Gasteiger partial charge on any atom is -0.303 e. The van der Waals surface area contributed by atoms with Crippen LogP contribution in [0.2, 0.25) is 5.02 Å². The van der Waals surface area contributed by atoms with Crippen LogP contribution in [-0.2, 0) is 4.79 Å². The summed E-state index contributed by atoms with van der Waals surface area (Å²) in [6.07, 6.45) is 0.879. The molecule has 0 aliphatic heterocycles. The van der Waals surface area contributed by atoms with E-state index in [-0.39, 0.29) is 11.7 Å². The molecule has 1 atom stereocenters. The van der Waals surface area contributed by atoms with Gasteiger partial charge < -0.3 is 4.79 Å². The highest BCUT2D eigenvalue weighted by atomic mass is 79.9. The van der Waals surface area contributed by atoms with Crippen LogP contribution in [0.5, 0.6) is 0 Å². The molecule has 0 saturated heterocycles. The van der Waals surface area contributed by atoms with E-state index in [4.69, 9.17) is 11.6 Å². The molecule has 0 aromatic heterocycles. The second kappa shape index (κ2) is 5.85. The standard InChI is InChI=1S/C15H11BrClFO/c1-9(8-19)10-2-4-12(14(16)6-10)13-5-3-11(17)7-15(13)18/h2-9H,1H3. The first-order valence-corrected chi connectivity index (χ1v) is 6.90. The molecule has 0 heterocycles. The van der Waals surface area contributed by atoms with Gasteiger partial charge in [0.1, 0.15) is 12.1 Å². The summed E-state index contributed by atoms with van der Waals surface area (Å²) in [5, 5.41) is 0.364. The van der Waals surface area contributed by atoms with Crippen LogP contribution in [0.4, 0.5) is 4.39 Å². The van der Waals surface area contributed by atoms with Crippen LogP contribution in [0.25, 0.3) is 11.1 Å². The molecule has 0 aliphatic rings. The van der Waals surface area contributed by atoms with Crippen molar-refractivity contribution >= 4 is 33.8 Å². The molecule has 1 unspecified atom stereocenters. The average Bonchev–Trinajstić information content (AvgIpc) is 2.38. The second-order valence-corrected chi connectivity index (χ2v) is 5.58. The summed E-state index contributed by atoms with van der Waals surface area (Å²) >= 11 is 9.16. The van der Waals surface area contributed by atoms with Crippen molar-refractivity contribution in [2.45, 2.75) is 12.8 Å². The SMILES string of the molecule is CC(C=O)c1ccc(-c2ccc(Cl)cc2F)c(Br)c1. The summed E-state index contributed by atoms with van der Waals surface area (Å²) in [4.78, 5) is 10.8. The Hall–Kier alpha value is -1.19. The molecule has 0 aliphatic carbocycles. The molecule has 0 radical (unpaired) electrons. The summed E-state index contributed by atoms with van der Waals surface area (Å²) < 4.78 is 14.6. The van der Waals surface area contributed by atoms with Crippen molar-refractivity contribution in [3.05, 3.63) is 57.3 Å². The zero-order valence-electron chi connectivity index (χ0n) is 10.2. The lowest BCUT2D eigenvalue weighted by Crippen LogP contribution is -1.95. The number of carbonyl (C=O) groups excluding carboxylic acids is 1. The first kappa shape index (κ1) is 14.2.